The summed E-state index contributed by atoms with van der Waals surface area (Å²) in [5, 5.41) is 4.24. The number of amides is 1. The summed E-state index contributed by atoms with van der Waals surface area (Å²) in [6, 6.07) is 1.92. The molecular formula is C16H21N5O2. The second kappa shape index (κ2) is 6.08. The fraction of sp³-hybridized carbons (Fsp3) is 0.500. The number of aromatic nitrogens is 4. The Kier molecular flexibility index (Phi) is 4.12. The van der Waals surface area contributed by atoms with Crippen molar-refractivity contribution in [3.63, 3.8) is 0 Å². The van der Waals surface area contributed by atoms with Crippen LogP contribution in [0.4, 0.5) is 0 Å². The minimum Gasteiger partial charge on any atom is -0.367 e. The summed E-state index contributed by atoms with van der Waals surface area (Å²) in [6.07, 6.45) is 1.47. The third-order valence-electron chi connectivity index (χ3n) is 3.89. The van der Waals surface area contributed by atoms with E-state index in [2.05, 4.69) is 15.1 Å². The normalized spacial score (nSPS) is 18.3. The lowest BCUT2D eigenvalue weighted by Crippen LogP contribution is -2.42. The molecule has 2 aromatic rings. The second-order valence-corrected chi connectivity index (χ2v) is 5.92. The first-order valence-corrected chi connectivity index (χ1v) is 7.67. The predicted molar refractivity (Wildman–Crippen MR) is 84.0 cm³/mol. The van der Waals surface area contributed by atoms with Gasteiger partial charge < -0.3 is 9.64 Å². The molecule has 1 atom stereocenters. The first-order chi connectivity index (χ1) is 10.9. The number of nitrogens with zero attached hydrogens (tertiary/aromatic N) is 5. The summed E-state index contributed by atoms with van der Waals surface area (Å²) in [5.74, 6) is 0.621. The average Bonchev–Trinajstić information content (AvgIpc) is 2.84. The molecule has 2 aromatic heterocycles. The smallest absolute Gasteiger partial charge is 0.257 e. The molecule has 0 saturated carbocycles. The van der Waals surface area contributed by atoms with Gasteiger partial charge in [0.05, 0.1) is 24.4 Å². The van der Waals surface area contributed by atoms with Crippen molar-refractivity contribution < 1.29 is 9.53 Å². The maximum absolute atomic E-state index is 12.7. The van der Waals surface area contributed by atoms with E-state index in [0.29, 0.717) is 31.1 Å². The molecular weight excluding hydrogens is 294 g/mol. The molecule has 1 aliphatic heterocycles. The lowest BCUT2D eigenvalue weighted by atomic mass is 10.2. The molecule has 7 heteroatoms. The van der Waals surface area contributed by atoms with Crippen LogP contribution in [0.3, 0.4) is 0 Å². The molecule has 3 rings (SSSR count). The maximum Gasteiger partial charge on any atom is 0.257 e. The van der Waals surface area contributed by atoms with Gasteiger partial charge in [0.2, 0.25) is 0 Å². The lowest BCUT2D eigenvalue weighted by molar-refractivity contribution is -0.0269. The van der Waals surface area contributed by atoms with Gasteiger partial charge in [0, 0.05) is 31.2 Å². The Morgan fingerprint density at radius 2 is 1.96 bits per heavy atom. The quantitative estimate of drug-likeness (QED) is 0.836. The molecule has 0 unspecified atom stereocenters. The van der Waals surface area contributed by atoms with Crippen molar-refractivity contribution in [3.8, 4) is 0 Å². The topological polar surface area (TPSA) is 73.1 Å². The van der Waals surface area contributed by atoms with Gasteiger partial charge in [-0.2, -0.15) is 5.10 Å². The fourth-order valence-corrected chi connectivity index (χ4v) is 2.87. The van der Waals surface area contributed by atoms with Crippen molar-refractivity contribution >= 4 is 5.91 Å². The fourth-order valence-electron chi connectivity index (χ4n) is 2.87. The Balaban J connectivity index is 1.80. The highest BCUT2D eigenvalue weighted by Crippen LogP contribution is 2.22. The van der Waals surface area contributed by atoms with Crippen molar-refractivity contribution in [1.82, 2.24) is 24.6 Å². The monoisotopic (exact) mass is 315 g/mol. The van der Waals surface area contributed by atoms with Gasteiger partial charge in [-0.25, -0.2) is 9.97 Å². The highest BCUT2D eigenvalue weighted by Gasteiger charge is 2.29. The van der Waals surface area contributed by atoms with E-state index >= 15 is 0 Å². The van der Waals surface area contributed by atoms with Crippen molar-refractivity contribution in [2.75, 3.05) is 19.7 Å². The van der Waals surface area contributed by atoms with Gasteiger partial charge in [-0.3, -0.25) is 9.48 Å². The highest BCUT2D eigenvalue weighted by atomic mass is 16.5. The number of morpholine rings is 1. The van der Waals surface area contributed by atoms with E-state index in [-0.39, 0.29) is 12.0 Å². The molecule has 7 nitrogen and oxygen atoms in total. The maximum atomic E-state index is 12.7. The van der Waals surface area contributed by atoms with E-state index in [1.807, 2.05) is 33.9 Å². The van der Waals surface area contributed by atoms with E-state index in [0.717, 1.165) is 17.1 Å². The number of hydrogen-bond acceptors (Lipinski definition) is 5. The third kappa shape index (κ3) is 3.24. The molecule has 0 radical (unpaired) electrons. The molecule has 0 spiro atoms. The lowest BCUT2D eigenvalue weighted by Gasteiger charge is -2.32. The van der Waals surface area contributed by atoms with Crippen molar-refractivity contribution in [3.05, 3.63) is 40.7 Å². The Morgan fingerprint density at radius 1 is 1.26 bits per heavy atom. The van der Waals surface area contributed by atoms with Gasteiger partial charge in [-0.05, 0) is 26.8 Å². The van der Waals surface area contributed by atoms with Gasteiger partial charge in [-0.15, -0.1) is 0 Å². The number of hydrogen-bond donors (Lipinski definition) is 0. The molecule has 1 amide bonds. The molecule has 23 heavy (non-hydrogen) atoms. The van der Waals surface area contributed by atoms with Crippen molar-refractivity contribution in [1.29, 1.82) is 0 Å². The van der Waals surface area contributed by atoms with E-state index in [4.69, 9.17) is 4.74 Å². The van der Waals surface area contributed by atoms with E-state index in [1.54, 1.807) is 15.8 Å². The first-order valence-electron chi connectivity index (χ1n) is 7.67. The Bertz CT molecular complexity index is 720. The summed E-state index contributed by atoms with van der Waals surface area (Å²) in [5.41, 5.74) is 3.18. The van der Waals surface area contributed by atoms with Crippen LogP contribution in [0.1, 0.15) is 39.4 Å². The van der Waals surface area contributed by atoms with Gasteiger partial charge >= 0.3 is 0 Å². The molecule has 0 N–H and O–H groups in total. The van der Waals surface area contributed by atoms with E-state index < -0.39 is 0 Å². The van der Waals surface area contributed by atoms with Crippen LogP contribution in [-0.2, 0) is 11.8 Å². The molecule has 1 fully saturated rings. The Labute approximate surface area is 135 Å². The van der Waals surface area contributed by atoms with Gasteiger partial charge in [0.1, 0.15) is 6.10 Å². The van der Waals surface area contributed by atoms with E-state index in [1.165, 1.54) is 0 Å². The average molecular weight is 315 g/mol. The molecule has 122 valence electrons. The predicted octanol–water partition coefficient (Wildman–Crippen LogP) is 1.35. The zero-order valence-electron chi connectivity index (χ0n) is 13.9. The SMILES string of the molecule is Cc1cc(C)nc([C@@H]2CN(C(=O)c3cn(C)nc3C)CCO2)n1. The zero-order valence-corrected chi connectivity index (χ0v) is 13.9. The number of rotatable bonds is 2. The van der Waals surface area contributed by atoms with Gasteiger partial charge in [-0.1, -0.05) is 0 Å². The zero-order chi connectivity index (χ0) is 16.6. The molecule has 1 aliphatic rings. The summed E-state index contributed by atoms with van der Waals surface area (Å²) in [4.78, 5) is 23.4. The molecule has 0 bridgehead atoms. The number of carbonyl (C=O) groups is 1. The molecule has 3 heterocycles. The largest absolute Gasteiger partial charge is 0.367 e. The summed E-state index contributed by atoms with van der Waals surface area (Å²) >= 11 is 0. The van der Waals surface area contributed by atoms with Crippen LogP contribution in [0.5, 0.6) is 0 Å². The summed E-state index contributed by atoms with van der Waals surface area (Å²) in [7, 11) is 1.81. The molecule has 0 aromatic carbocycles. The number of carbonyl (C=O) groups excluding carboxylic acids is 1. The van der Waals surface area contributed by atoms with Crippen LogP contribution >= 0.6 is 0 Å². The van der Waals surface area contributed by atoms with Crippen LogP contribution < -0.4 is 0 Å². The van der Waals surface area contributed by atoms with Crippen LogP contribution in [0.15, 0.2) is 12.3 Å². The van der Waals surface area contributed by atoms with Gasteiger partial charge in [0.25, 0.3) is 5.91 Å². The highest BCUT2D eigenvalue weighted by molar-refractivity contribution is 5.95. The standard InChI is InChI=1S/C16H21N5O2/c1-10-7-11(2)18-15(17-10)14-9-21(5-6-23-14)16(22)13-8-20(4)19-12(13)3/h7-8,14H,5-6,9H2,1-4H3/t14-/m0/s1. The van der Waals surface area contributed by atoms with Crippen LogP contribution in [0.2, 0.25) is 0 Å². The van der Waals surface area contributed by atoms with Gasteiger partial charge in [0.15, 0.2) is 5.82 Å². The summed E-state index contributed by atoms with van der Waals surface area (Å²) < 4.78 is 7.45. The Morgan fingerprint density at radius 3 is 2.57 bits per heavy atom. The molecule has 1 saturated heterocycles. The van der Waals surface area contributed by atoms with Crippen molar-refractivity contribution in [2.24, 2.45) is 7.05 Å². The van der Waals surface area contributed by atoms with Crippen LogP contribution in [-0.4, -0.2) is 50.3 Å². The van der Waals surface area contributed by atoms with Crippen molar-refractivity contribution in [2.45, 2.75) is 26.9 Å². The summed E-state index contributed by atoms with van der Waals surface area (Å²) in [6.45, 7) is 7.21. The van der Waals surface area contributed by atoms with Crippen LogP contribution in [0.25, 0.3) is 0 Å². The minimum absolute atomic E-state index is 0.0201. The van der Waals surface area contributed by atoms with Crippen LogP contribution in [0, 0.1) is 20.8 Å². The number of aryl methyl sites for hydroxylation is 4. The Hall–Kier alpha value is -2.28. The molecule has 0 aliphatic carbocycles. The van der Waals surface area contributed by atoms with E-state index in [9.17, 15) is 4.79 Å². The first kappa shape index (κ1) is 15.6. The number of ether oxygens (including phenoxy) is 1. The minimum atomic E-state index is -0.289. The second-order valence-electron chi connectivity index (χ2n) is 5.92. The third-order valence-corrected chi connectivity index (χ3v) is 3.89.